The van der Waals surface area contributed by atoms with Gasteiger partial charge in [0.2, 0.25) is 0 Å². The van der Waals surface area contributed by atoms with Crippen molar-refractivity contribution in [3.63, 3.8) is 0 Å². The third kappa shape index (κ3) is 10.1. The molecule has 0 N–H and O–H groups in total. The maximum absolute atomic E-state index is 6.89. The summed E-state index contributed by atoms with van der Waals surface area (Å²) in [5.74, 6) is 8.05. The largest absolute Gasteiger partial charge is 0.458 e. The average Bonchev–Trinajstić information content (AvgIpc) is 1.13. The highest BCUT2D eigenvalue weighted by Gasteiger charge is 2.42. The molecule has 8 heterocycles. The number of hydrogen-bond donors (Lipinski definition) is 0. The standard InChI is InChI=1S/C40H28BN3O2S.C40H30BrN3O2S/c1-40(2,3)24-19-34-38-35(20-24)46-33-21-26-25-10-4-6-12-30(25)44(37-14-8-9-17-42-37)31(26)22-28(33)41(38)27-18-23(15-16-32(27)45-34)39-43-29-11-5-7-13-36(29)47-39;1-40(2,3)26-22-34(45-27-17-15-25(16-18-27)39-43-31-11-5-7-13-36(31)47-39)38(41)35(23-26)46-28-19-20-33-30(24-28)29-10-4-6-12-32(29)44(33)37-14-8-9-21-42-37/h4-22H,1-3H3;4-24H,1-3H3. The molecule has 0 atom stereocenters. The molecule has 0 amide bonds. The lowest BCUT2D eigenvalue weighted by atomic mass is 9.34. The maximum atomic E-state index is 6.89. The van der Waals surface area contributed by atoms with Crippen molar-refractivity contribution in [2.75, 3.05) is 0 Å². The van der Waals surface area contributed by atoms with E-state index in [-0.39, 0.29) is 17.5 Å². The lowest BCUT2D eigenvalue weighted by molar-refractivity contribution is 0.449. The second-order valence-electron chi connectivity index (χ2n) is 25.9. The summed E-state index contributed by atoms with van der Waals surface area (Å²) in [7, 11) is 0. The minimum Gasteiger partial charge on any atom is -0.458 e. The SMILES string of the molecule is CC(C)(C)c1cc(Oc2ccc(-c3nc4ccccc4s3)cc2)c(Br)c(Oc2ccc3c(c2)c2ccccc2n3-c2ccccn2)c1.CC(C)(C)c1cc2c3c(c1)Oc1cc4c5ccccc5n(-c5ccccn5)c4cc1B3c1cc(-c3nc4ccccc4s3)ccc1O2. The van der Waals surface area contributed by atoms with E-state index in [9.17, 15) is 0 Å². The van der Waals surface area contributed by atoms with Crippen molar-refractivity contribution in [1.82, 2.24) is 29.1 Å². The van der Waals surface area contributed by atoms with Crippen LogP contribution in [0.3, 0.4) is 0 Å². The number of hydrogen-bond acceptors (Lipinski definition) is 10. The van der Waals surface area contributed by atoms with Gasteiger partial charge in [0.15, 0.2) is 0 Å². The highest BCUT2D eigenvalue weighted by atomic mass is 79.9. The molecule has 6 aromatic heterocycles. The molecular formula is C80H58BBrN6O4S2. The van der Waals surface area contributed by atoms with Gasteiger partial charge in [0.25, 0.3) is 6.71 Å². The van der Waals surface area contributed by atoms with Gasteiger partial charge in [-0.2, -0.15) is 0 Å². The molecule has 94 heavy (non-hydrogen) atoms. The summed E-state index contributed by atoms with van der Waals surface area (Å²) >= 11 is 7.23. The van der Waals surface area contributed by atoms with Crippen LogP contribution in [0.5, 0.6) is 46.0 Å². The molecule has 0 bridgehead atoms. The normalized spacial score (nSPS) is 12.6. The van der Waals surface area contributed by atoms with Gasteiger partial charge < -0.3 is 18.9 Å². The van der Waals surface area contributed by atoms with Gasteiger partial charge in [-0.15, -0.1) is 22.7 Å². The molecule has 2 aliphatic rings. The number of aromatic nitrogens is 6. The zero-order chi connectivity index (χ0) is 63.6. The van der Waals surface area contributed by atoms with E-state index in [1.165, 1.54) is 20.3 Å². The maximum Gasteiger partial charge on any atom is 0.260 e. The van der Waals surface area contributed by atoms with Gasteiger partial charge in [-0.3, -0.25) is 9.13 Å². The van der Waals surface area contributed by atoms with E-state index in [1.54, 1.807) is 22.7 Å². The van der Waals surface area contributed by atoms with Crippen LogP contribution < -0.4 is 35.3 Å². The molecule has 0 unspecified atom stereocenters. The van der Waals surface area contributed by atoms with Gasteiger partial charge in [0.05, 0.1) is 42.5 Å². The van der Waals surface area contributed by atoms with Crippen LogP contribution in [0.1, 0.15) is 52.7 Å². The van der Waals surface area contributed by atoms with Crippen molar-refractivity contribution in [3.05, 3.63) is 259 Å². The van der Waals surface area contributed by atoms with Crippen molar-refractivity contribution in [2.24, 2.45) is 0 Å². The lowest BCUT2D eigenvalue weighted by Gasteiger charge is -2.35. The highest BCUT2D eigenvalue weighted by Crippen LogP contribution is 2.46. The van der Waals surface area contributed by atoms with Crippen LogP contribution in [0.4, 0.5) is 0 Å². The molecule has 0 aliphatic carbocycles. The molecular weight excluding hydrogens is 1260 g/mol. The van der Waals surface area contributed by atoms with Crippen LogP contribution in [-0.2, 0) is 10.8 Å². The van der Waals surface area contributed by atoms with Crippen molar-refractivity contribution in [3.8, 4) is 78.8 Å². The fourth-order valence-electron chi connectivity index (χ4n) is 13.1. The molecule has 0 spiro atoms. The van der Waals surface area contributed by atoms with E-state index in [0.29, 0.717) is 11.5 Å². The lowest BCUT2D eigenvalue weighted by Crippen LogP contribution is -2.57. The van der Waals surface area contributed by atoms with Crippen LogP contribution >= 0.6 is 38.6 Å². The molecule has 454 valence electrons. The van der Waals surface area contributed by atoms with Crippen LogP contribution in [0, 0.1) is 0 Å². The van der Waals surface area contributed by atoms with Crippen molar-refractivity contribution >= 4 is 126 Å². The zero-order valence-corrected chi connectivity index (χ0v) is 55.4. The third-order valence-corrected chi connectivity index (χ3v) is 20.8. The first-order valence-electron chi connectivity index (χ1n) is 31.4. The Morgan fingerprint density at radius 3 is 1.50 bits per heavy atom. The van der Waals surface area contributed by atoms with E-state index in [4.69, 9.17) is 33.9 Å². The average molecular weight is 1320 g/mol. The first-order chi connectivity index (χ1) is 45.7. The number of fused-ring (bicyclic) bond motifs is 12. The summed E-state index contributed by atoms with van der Waals surface area (Å²) in [6, 6.07) is 79.5. The molecule has 0 fully saturated rings. The summed E-state index contributed by atoms with van der Waals surface area (Å²) in [5.41, 5.74) is 13.9. The Bertz CT molecular complexity index is 5620. The van der Waals surface area contributed by atoms with Crippen LogP contribution in [-0.4, -0.2) is 35.8 Å². The smallest absolute Gasteiger partial charge is 0.260 e. The molecule has 14 heteroatoms. The molecule has 10 nitrogen and oxygen atoms in total. The second kappa shape index (κ2) is 22.4. The summed E-state index contributed by atoms with van der Waals surface area (Å²) in [4.78, 5) is 19.2. The Balaban J connectivity index is 0.000000143. The Labute approximate surface area is 559 Å². The number of para-hydroxylation sites is 4. The minimum absolute atomic E-state index is 0.0783. The van der Waals surface area contributed by atoms with E-state index in [1.807, 2.05) is 85.2 Å². The molecule has 16 aromatic rings. The molecule has 0 saturated carbocycles. The topological polar surface area (TPSA) is 98.3 Å². The third-order valence-electron chi connectivity index (χ3n) is 17.8. The van der Waals surface area contributed by atoms with Crippen LogP contribution in [0.25, 0.3) is 96.8 Å². The van der Waals surface area contributed by atoms with Crippen molar-refractivity contribution in [1.29, 1.82) is 0 Å². The summed E-state index contributed by atoms with van der Waals surface area (Å²) in [6.07, 6.45) is 3.68. The molecule has 0 saturated heterocycles. The quantitative estimate of drug-likeness (QED) is 0.139. The Kier molecular flexibility index (Phi) is 13.7. The Hall–Kier alpha value is -10.4. The molecule has 0 radical (unpaired) electrons. The summed E-state index contributed by atoms with van der Waals surface area (Å²) in [5, 5.41) is 6.53. The fraction of sp³-hybridized carbons (Fsp3) is 0.100. The number of benzene rings is 10. The Morgan fingerprint density at radius 2 is 0.904 bits per heavy atom. The second-order valence-corrected chi connectivity index (χ2v) is 28.8. The van der Waals surface area contributed by atoms with Gasteiger partial charge >= 0.3 is 0 Å². The number of halogens is 1. The zero-order valence-electron chi connectivity index (χ0n) is 52.2. The Morgan fingerprint density at radius 1 is 0.415 bits per heavy atom. The van der Waals surface area contributed by atoms with Gasteiger partial charge in [0, 0.05) is 50.5 Å². The van der Waals surface area contributed by atoms with Gasteiger partial charge in [-0.1, -0.05) is 120 Å². The van der Waals surface area contributed by atoms with Gasteiger partial charge in [-0.25, -0.2) is 19.9 Å². The number of ether oxygens (including phenoxy) is 4. The number of thiazole rings is 2. The number of rotatable bonds is 8. The van der Waals surface area contributed by atoms with Gasteiger partial charge in [-0.05, 0) is 200 Å². The molecule has 18 rings (SSSR count). The van der Waals surface area contributed by atoms with E-state index in [2.05, 4.69) is 229 Å². The fourth-order valence-corrected chi connectivity index (χ4v) is 15.4. The predicted molar refractivity (Wildman–Crippen MR) is 390 cm³/mol. The molecule has 2 aliphatic heterocycles. The minimum atomic E-state index is -0.131. The monoisotopic (exact) mass is 1320 g/mol. The van der Waals surface area contributed by atoms with Crippen LogP contribution in [0.15, 0.2) is 247 Å². The van der Waals surface area contributed by atoms with E-state index < -0.39 is 0 Å². The van der Waals surface area contributed by atoms with Crippen molar-refractivity contribution in [2.45, 2.75) is 52.4 Å². The number of pyridine rings is 2. The number of nitrogens with zero attached hydrogens (tertiary/aromatic N) is 6. The predicted octanol–water partition coefficient (Wildman–Crippen LogP) is 20.6. The molecule has 10 aromatic carbocycles. The first-order valence-corrected chi connectivity index (χ1v) is 33.8. The van der Waals surface area contributed by atoms with Crippen LogP contribution in [0.2, 0.25) is 0 Å². The highest BCUT2D eigenvalue weighted by molar-refractivity contribution is 9.10. The van der Waals surface area contributed by atoms with Gasteiger partial charge in [0.1, 0.15) is 72.1 Å². The first kappa shape index (κ1) is 57.5. The summed E-state index contributed by atoms with van der Waals surface area (Å²) < 4.78 is 34.3. The van der Waals surface area contributed by atoms with E-state index in [0.717, 1.165) is 143 Å². The van der Waals surface area contributed by atoms with Crippen molar-refractivity contribution < 1.29 is 18.9 Å². The summed E-state index contributed by atoms with van der Waals surface area (Å²) in [6.45, 7) is 13.2. The van der Waals surface area contributed by atoms with E-state index >= 15 is 0 Å².